The lowest BCUT2D eigenvalue weighted by Gasteiger charge is -2.24. The van der Waals surface area contributed by atoms with Gasteiger partial charge in [0.2, 0.25) is 5.91 Å². The first-order valence-electron chi connectivity index (χ1n) is 18.3. The minimum absolute atomic E-state index is 0.0188. The molecular weight excluding hydrogens is 1100 g/mol. The van der Waals surface area contributed by atoms with Crippen LogP contribution in [-0.4, -0.2) is 66.8 Å². The van der Waals surface area contributed by atoms with E-state index in [1.54, 1.807) is 33.3 Å². The van der Waals surface area contributed by atoms with Gasteiger partial charge in [-0.05, 0) is 192 Å². The van der Waals surface area contributed by atoms with Gasteiger partial charge < -0.3 is 39.1 Å². The Morgan fingerprint density at radius 1 is 0.677 bits per heavy atom. The lowest BCUT2D eigenvalue weighted by atomic mass is 9.97. The monoisotopic (exact) mass is 1150 g/mol. The third-order valence-electron chi connectivity index (χ3n) is 8.03. The van der Waals surface area contributed by atoms with Crippen LogP contribution in [0, 0.1) is 0 Å². The lowest BCUT2D eigenvalue weighted by molar-refractivity contribution is -0.118. The number of carbonyl (C=O) groups is 2. The summed E-state index contributed by atoms with van der Waals surface area (Å²) in [6.45, 7) is 4.43. The molecule has 4 aromatic carbocycles. The average molecular weight is 1150 g/mol. The van der Waals surface area contributed by atoms with Crippen molar-refractivity contribution in [2.45, 2.75) is 53.0 Å². The SMILES string of the molecule is COc1cc(CCCCl)ccc1Br.COc1cccc([C@@H](C)CC(=O)N(CCCl)c2ccc(Br)c(OC)c2)c1.COc1cccc([C@@H](C)N)c1.O=C(OC(Cl)(Cl)Cl)OC(Cl)(Cl)Cl. The zero-order chi connectivity index (χ0) is 47.0. The van der Waals surface area contributed by atoms with E-state index in [0.717, 1.165) is 55.8 Å². The minimum Gasteiger partial charge on any atom is -0.497 e. The van der Waals surface area contributed by atoms with E-state index < -0.39 is 14.1 Å². The molecule has 0 bridgehead atoms. The van der Waals surface area contributed by atoms with Crippen LogP contribution in [0.15, 0.2) is 93.9 Å². The molecule has 0 saturated carbocycles. The van der Waals surface area contributed by atoms with Crippen molar-refractivity contribution >= 4 is 142 Å². The summed E-state index contributed by atoms with van der Waals surface area (Å²) < 4.78 is 26.2. The van der Waals surface area contributed by atoms with Gasteiger partial charge in [-0.2, -0.15) is 0 Å². The van der Waals surface area contributed by atoms with Crippen molar-refractivity contribution in [1.29, 1.82) is 0 Å². The molecule has 0 heterocycles. The zero-order valence-corrected chi connectivity index (χ0v) is 43.8. The van der Waals surface area contributed by atoms with E-state index in [4.69, 9.17) is 117 Å². The summed E-state index contributed by atoms with van der Waals surface area (Å²) in [5.41, 5.74) is 9.89. The summed E-state index contributed by atoms with van der Waals surface area (Å²) in [6.07, 6.45) is 0.983. The van der Waals surface area contributed by atoms with Gasteiger partial charge in [0.05, 0.1) is 37.4 Å². The van der Waals surface area contributed by atoms with Crippen molar-refractivity contribution in [2.24, 2.45) is 5.73 Å². The molecule has 2 atom stereocenters. The van der Waals surface area contributed by atoms with E-state index in [1.165, 1.54) is 5.56 Å². The van der Waals surface area contributed by atoms with Gasteiger partial charge in [-0.15, -0.1) is 23.2 Å². The number of hydrogen-bond donors (Lipinski definition) is 1. The Kier molecular flexibility index (Phi) is 28.4. The van der Waals surface area contributed by atoms with Crippen molar-refractivity contribution in [2.75, 3.05) is 51.6 Å². The molecule has 20 heteroatoms. The summed E-state index contributed by atoms with van der Waals surface area (Å²) in [6, 6.07) is 27.4. The summed E-state index contributed by atoms with van der Waals surface area (Å²) in [7, 11) is 6.56. The molecule has 0 unspecified atom stereocenters. The van der Waals surface area contributed by atoms with Crippen molar-refractivity contribution in [3.63, 3.8) is 0 Å². The van der Waals surface area contributed by atoms with Crippen LogP contribution in [0.1, 0.15) is 55.3 Å². The number of nitrogens with two attached hydrogens (primary N) is 1. The third-order valence-corrected chi connectivity index (χ3v) is 10.2. The second-order valence-electron chi connectivity index (χ2n) is 12.6. The molecule has 4 aromatic rings. The molecule has 10 nitrogen and oxygen atoms in total. The van der Waals surface area contributed by atoms with Gasteiger partial charge >= 0.3 is 14.1 Å². The number of halogens is 10. The van der Waals surface area contributed by atoms with E-state index in [0.29, 0.717) is 30.5 Å². The van der Waals surface area contributed by atoms with Crippen LogP contribution >= 0.6 is 125 Å². The van der Waals surface area contributed by atoms with E-state index >= 15 is 0 Å². The lowest BCUT2D eigenvalue weighted by Crippen LogP contribution is -2.33. The smallest absolute Gasteiger partial charge is 0.497 e. The number of benzene rings is 4. The first kappa shape index (κ1) is 58.1. The van der Waals surface area contributed by atoms with Crippen LogP contribution in [-0.2, 0) is 20.7 Å². The molecule has 0 aliphatic carbocycles. The van der Waals surface area contributed by atoms with Gasteiger partial charge in [-0.1, -0.05) is 37.3 Å². The fraction of sp³-hybridized carbons (Fsp3) is 0.381. The van der Waals surface area contributed by atoms with E-state index in [9.17, 15) is 9.59 Å². The molecule has 4 rings (SSSR count). The summed E-state index contributed by atoms with van der Waals surface area (Å²) in [5.74, 6) is 4.36. The number of amides is 1. The van der Waals surface area contributed by atoms with Gasteiger partial charge in [0.1, 0.15) is 23.0 Å². The van der Waals surface area contributed by atoms with Gasteiger partial charge in [0.15, 0.2) is 0 Å². The Morgan fingerprint density at radius 2 is 1.18 bits per heavy atom. The maximum atomic E-state index is 12.9. The highest BCUT2D eigenvalue weighted by atomic mass is 79.9. The second-order valence-corrected chi connectivity index (χ2v) is 19.4. The standard InChI is InChI=1S/C20H23BrClNO3.C10H12BrClO.C9H13NO.C3Cl6O3/c1-14(15-5-4-6-17(12-15)25-2)11-20(24)23(10-9-22)16-7-8-18(21)19(13-16)26-3;1-13-10-7-8(3-2-6-12)4-5-9(10)11;1-7(10)8-4-3-5-9(6-8)11-2;4-2(5,6)11-1(10)12-3(7,8)9/h4-8,12-14H,9-11H2,1-3H3;4-5,7H,2-3,6H2,1H3;3-7H,10H2,1-2H3;/t14-;;7-;/m0.1./s1. The molecule has 2 N–H and O–H groups in total. The molecule has 0 fully saturated rings. The van der Waals surface area contributed by atoms with Gasteiger partial charge in [0.25, 0.3) is 0 Å². The molecule has 344 valence electrons. The maximum absolute atomic E-state index is 12.9. The fourth-order valence-electron chi connectivity index (χ4n) is 5.00. The maximum Gasteiger partial charge on any atom is 0.515 e. The Labute approximate surface area is 420 Å². The van der Waals surface area contributed by atoms with E-state index in [-0.39, 0.29) is 17.9 Å². The highest BCUT2D eigenvalue weighted by molar-refractivity contribution is 9.11. The number of nitrogens with zero attached hydrogens (tertiary/aromatic N) is 1. The fourth-order valence-corrected chi connectivity index (χ4v) is 6.50. The second kappa shape index (κ2) is 30.3. The van der Waals surface area contributed by atoms with Crippen molar-refractivity contribution < 1.29 is 38.0 Å². The molecule has 0 saturated heterocycles. The summed E-state index contributed by atoms with van der Waals surface area (Å²) in [4.78, 5) is 25.2. The molecule has 0 radical (unpaired) electrons. The number of ether oxygens (including phenoxy) is 6. The van der Waals surface area contributed by atoms with Crippen molar-refractivity contribution in [3.05, 3.63) is 111 Å². The quantitative estimate of drug-likeness (QED) is 0.0972. The van der Waals surface area contributed by atoms with Crippen molar-refractivity contribution in [3.8, 4) is 23.0 Å². The molecular formula is C42H48Br2Cl8N2O8. The molecule has 0 spiro atoms. The summed E-state index contributed by atoms with van der Waals surface area (Å²) >= 11 is 48.6. The zero-order valence-electron chi connectivity index (χ0n) is 34.6. The number of hydrogen-bond acceptors (Lipinski definition) is 9. The Hall–Kier alpha value is -1.94. The topological polar surface area (TPSA) is 119 Å². The molecule has 62 heavy (non-hydrogen) atoms. The number of alkyl halides is 8. The Balaban J connectivity index is 0.000000450. The summed E-state index contributed by atoms with van der Waals surface area (Å²) in [5, 5.41) is 0. The van der Waals surface area contributed by atoms with Crippen LogP contribution in [0.2, 0.25) is 0 Å². The average Bonchev–Trinajstić information content (AvgIpc) is 3.22. The predicted octanol–water partition coefficient (Wildman–Crippen LogP) is 14.4. The first-order valence-corrected chi connectivity index (χ1v) is 23.2. The predicted molar refractivity (Wildman–Crippen MR) is 263 cm³/mol. The van der Waals surface area contributed by atoms with E-state index in [2.05, 4.69) is 47.4 Å². The van der Waals surface area contributed by atoms with Crippen LogP contribution < -0.4 is 29.6 Å². The normalized spacial score (nSPS) is 11.7. The highest BCUT2D eigenvalue weighted by Gasteiger charge is 2.32. The molecule has 0 aliphatic rings. The number of aryl methyl sites for hydroxylation is 1. The molecule has 1 amide bonds. The Bertz CT molecular complexity index is 1940. The van der Waals surface area contributed by atoms with Crippen LogP contribution in [0.5, 0.6) is 23.0 Å². The number of anilines is 1. The van der Waals surface area contributed by atoms with Crippen LogP contribution in [0.4, 0.5) is 10.5 Å². The van der Waals surface area contributed by atoms with Gasteiger partial charge in [-0.3, -0.25) is 4.79 Å². The van der Waals surface area contributed by atoms with Gasteiger partial charge in [0, 0.05) is 42.5 Å². The third kappa shape index (κ3) is 23.8. The van der Waals surface area contributed by atoms with Crippen LogP contribution in [0.3, 0.4) is 0 Å². The van der Waals surface area contributed by atoms with Crippen LogP contribution in [0.25, 0.3) is 0 Å². The molecule has 0 aromatic heterocycles. The Morgan fingerprint density at radius 3 is 1.65 bits per heavy atom. The highest BCUT2D eigenvalue weighted by Crippen LogP contribution is 2.33. The number of rotatable bonds is 14. The van der Waals surface area contributed by atoms with Gasteiger partial charge in [-0.25, -0.2) is 4.79 Å². The number of carbonyl (C=O) groups excluding carboxylic acids is 2. The minimum atomic E-state index is -2.24. The first-order chi connectivity index (χ1) is 29.1. The van der Waals surface area contributed by atoms with E-state index in [1.807, 2.05) is 92.7 Å². The number of methoxy groups -OCH3 is 4. The molecule has 0 aliphatic heterocycles. The largest absolute Gasteiger partial charge is 0.515 e. The van der Waals surface area contributed by atoms with Crippen molar-refractivity contribution in [1.82, 2.24) is 0 Å².